The number of H-pyrrole nitrogens is 1. The molecule has 1 heterocycles. The first-order valence-electron chi connectivity index (χ1n) is 5.88. The van der Waals surface area contributed by atoms with E-state index < -0.39 is 0 Å². The third kappa shape index (κ3) is 2.08. The van der Waals surface area contributed by atoms with Crippen LogP contribution in [0, 0.1) is 27.7 Å². The standard InChI is InChI=1S/C15H16ClNO/c1-8-5-6-12(13(16)7-8)15(18)14-10(3)9(2)11(4)17-14/h5-7,17H,1-4H3. The lowest BCUT2D eigenvalue weighted by atomic mass is 10.0. The van der Waals surface area contributed by atoms with Gasteiger partial charge in [0.1, 0.15) is 0 Å². The average Bonchev–Trinajstić information content (AvgIpc) is 2.56. The maximum Gasteiger partial charge on any atom is 0.210 e. The Morgan fingerprint density at radius 1 is 1.11 bits per heavy atom. The molecule has 0 saturated heterocycles. The predicted molar refractivity (Wildman–Crippen MR) is 74.6 cm³/mol. The predicted octanol–water partition coefficient (Wildman–Crippen LogP) is 4.13. The number of hydrogen-bond donors (Lipinski definition) is 1. The molecule has 2 rings (SSSR count). The molecule has 1 N–H and O–H groups in total. The van der Waals surface area contributed by atoms with Crippen molar-refractivity contribution in [3.63, 3.8) is 0 Å². The summed E-state index contributed by atoms with van der Waals surface area (Å²) in [5.41, 5.74) is 5.38. The van der Waals surface area contributed by atoms with Crippen LogP contribution < -0.4 is 0 Å². The van der Waals surface area contributed by atoms with Crippen molar-refractivity contribution in [2.45, 2.75) is 27.7 Å². The minimum Gasteiger partial charge on any atom is -0.356 e. The van der Waals surface area contributed by atoms with Gasteiger partial charge in [-0.1, -0.05) is 17.7 Å². The number of benzene rings is 1. The number of halogens is 1. The van der Waals surface area contributed by atoms with E-state index in [0.717, 1.165) is 22.4 Å². The van der Waals surface area contributed by atoms with Gasteiger partial charge in [0.25, 0.3) is 0 Å². The van der Waals surface area contributed by atoms with Crippen LogP contribution in [-0.4, -0.2) is 10.8 Å². The van der Waals surface area contributed by atoms with Gasteiger partial charge in [-0.2, -0.15) is 0 Å². The fourth-order valence-electron chi connectivity index (χ4n) is 2.01. The van der Waals surface area contributed by atoms with Crippen LogP contribution in [0.4, 0.5) is 0 Å². The van der Waals surface area contributed by atoms with Gasteiger partial charge in [0, 0.05) is 11.3 Å². The molecule has 18 heavy (non-hydrogen) atoms. The molecule has 0 saturated carbocycles. The first kappa shape index (κ1) is 12.9. The van der Waals surface area contributed by atoms with Crippen LogP contribution in [0.15, 0.2) is 18.2 Å². The third-order valence-electron chi connectivity index (χ3n) is 3.41. The Bertz CT molecular complexity index is 626. The van der Waals surface area contributed by atoms with Crippen molar-refractivity contribution in [1.29, 1.82) is 0 Å². The molecule has 0 atom stereocenters. The van der Waals surface area contributed by atoms with Crippen LogP contribution in [0.3, 0.4) is 0 Å². The van der Waals surface area contributed by atoms with E-state index in [1.54, 1.807) is 6.07 Å². The first-order valence-corrected chi connectivity index (χ1v) is 6.26. The smallest absolute Gasteiger partial charge is 0.210 e. The maximum absolute atomic E-state index is 12.4. The van der Waals surface area contributed by atoms with Gasteiger partial charge in [0.05, 0.1) is 10.7 Å². The van der Waals surface area contributed by atoms with E-state index in [2.05, 4.69) is 4.98 Å². The average molecular weight is 262 g/mol. The van der Waals surface area contributed by atoms with Gasteiger partial charge in [-0.15, -0.1) is 0 Å². The van der Waals surface area contributed by atoms with Crippen molar-refractivity contribution in [2.75, 3.05) is 0 Å². The molecule has 0 amide bonds. The van der Waals surface area contributed by atoms with Crippen LogP contribution in [0.5, 0.6) is 0 Å². The van der Waals surface area contributed by atoms with Gasteiger partial charge in [0.2, 0.25) is 5.78 Å². The molecule has 94 valence electrons. The first-order chi connectivity index (χ1) is 8.41. The zero-order valence-corrected chi connectivity index (χ0v) is 11.8. The highest BCUT2D eigenvalue weighted by atomic mass is 35.5. The molecule has 2 nitrogen and oxygen atoms in total. The van der Waals surface area contributed by atoms with Gasteiger partial charge in [-0.3, -0.25) is 4.79 Å². The molecule has 0 spiro atoms. The topological polar surface area (TPSA) is 32.9 Å². The summed E-state index contributed by atoms with van der Waals surface area (Å²) >= 11 is 6.14. The highest BCUT2D eigenvalue weighted by Crippen LogP contribution is 2.24. The minimum atomic E-state index is -0.0475. The second-order valence-corrected chi connectivity index (χ2v) is 5.09. The van der Waals surface area contributed by atoms with E-state index in [1.165, 1.54) is 0 Å². The number of carbonyl (C=O) groups is 1. The van der Waals surface area contributed by atoms with Crippen molar-refractivity contribution in [1.82, 2.24) is 4.98 Å². The summed E-state index contributed by atoms with van der Waals surface area (Å²) in [4.78, 5) is 15.6. The molecular weight excluding hydrogens is 246 g/mol. The van der Waals surface area contributed by atoms with E-state index in [1.807, 2.05) is 39.8 Å². The number of aromatic amines is 1. The highest BCUT2D eigenvalue weighted by Gasteiger charge is 2.18. The fourth-order valence-corrected chi connectivity index (χ4v) is 2.33. The van der Waals surface area contributed by atoms with Gasteiger partial charge < -0.3 is 4.98 Å². The molecule has 3 heteroatoms. The summed E-state index contributed by atoms with van der Waals surface area (Å²) in [5.74, 6) is -0.0475. The fraction of sp³-hybridized carbons (Fsp3) is 0.267. The number of nitrogens with one attached hydrogen (secondary N) is 1. The molecule has 0 aliphatic heterocycles. The Morgan fingerprint density at radius 2 is 1.78 bits per heavy atom. The molecule has 0 radical (unpaired) electrons. The molecular formula is C15H16ClNO. The summed E-state index contributed by atoms with van der Waals surface area (Å²) in [6, 6.07) is 5.49. The largest absolute Gasteiger partial charge is 0.356 e. The second kappa shape index (κ2) is 4.62. The van der Waals surface area contributed by atoms with Crippen molar-refractivity contribution < 1.29 is 4.79 Å². The van der Waals surface area contributed by atoms with Crippen LogP contribution in [0.2, 0.25) is 5.02 Å². The lowest BCUT2D eigenvalue weighted by molar-refractivity contribution is 0.103. The number of ketones is 1. The quantitative estimate of drug-likeness (QED) is 0.810. The third-order valence-corrected chi connectivity index (χ3v) is 3.72. The Kier molecular flexibility index (Phi) is 3.31. The molecule has 2 aromatic rings. The van der Waals surface area contributed by atoms with Gasteiger partial charge in [-0.25, -0.2) is 0 Å². The normalized spacial score (nSPS) is 10.7. The number of aryl methyl sites for hydroxylation is 2. The molecule has 0 bridgehead atoms. The molecule has 1 aromatic carbocycles. The number of rotatable bonds is 2. The van der Waals surface area contributed by atoms with Gasteiger partial charge in [-0.05, 0) is 56.5 Å². The lowest BCUT2D eigenvalue weighted by Gasteiger charge is -2.04. The van der Waals surface area contributed by atoms with Crippen LogP contribution in [-0.2, 0) is 0 Å². The van der Waals surface area contributed by atoms with E-state index in [4.69, 9.17) is 11.6 Å². The Hall–Kier alpha value is -1.54. The number of aromatic nitrogens is 1. The summed E-state index contributed by atoms with van der Waals surface area (Å²) in [6.45, 7) is 7.88. The lowest BCUT2D eigenvalue weighted by Crippen LogP contribution is -2.04. The van der Waals surface area contributed by atoms with Crippen LogP contribution in [0.1, 0.15) is 38.4 Å². The monoisotopic (exact) mass is 261 g/mol. The summed E-state index contributed by atoms with van der Waals surface area (Å²) in [7, 11) is 0. The Balaban J connectivity index is 2.51. The molecule has 0 fully saturated rings. The zero-order valence-electron chi connectivity index (χ0n) is 11.0. The molecule has 0 unspecified atom stereocenters. The SMILES string of the molecule is Cc1ccc(C(=O)c2[nH]c(C)c(C)c2C)c(Cl)c1. The zero-order chi connectivity index (χ0) is 13.4. The summed E-state index contributed by atoms with van der Waals surface area (Å²) in [5, 5.41) is 0.504. The minimum absolute atomic E-state index is 0.0475. The molecule has 0 aliphatic carbocycles. The summed E-state index contributed by atoms with van der Waals surface area (Å²) in [6.07, 6.45) is 0. The van der Waals surface area contributed by atoms with Crippen molar-refractivity contribution in [3.05, 3.63) is 56.9 Å². The van der Waals surface area contributed by atoms with Gasteiger partial charge >= 0.3 is 0 Å². The molecule has 1 aromatic heterocycles. The van der Waals surface area contributed by atoms with E-state index in [-0.39, 0.29) is 5.78 Å². The van der Waals surface area contributed by atoms with Crippen molar-refractivity contribution >= 4 is 17.4 Å². The van der Waals surface area contributed by atoms with Crippen LogP contribution >= 0.6 is 11.6 Å². The number of carbonyl (C=O) groups excluding carboxylic acids is 1. The Morgan fingerprint density at radius 3 is 2.28 bits per heavy atom. The van der Waals surface area contributed by atoms with E-state index >= 15 is 0 Å². The Labute approximate surface area is 112 Å². The van der Waals surface area contributed by atoms with Crippen molar-refractivity contribution in [2.24, 2.45) is 0 Å². The van der Waals surface area contributed by atoms with Crippen LogP contribution in [0.25, 0.3) is 0 Å². The van der Waals surface area contributed by atoms with E-state index in [0.29, 0.717) is 16.3 Å². The second-order valence-electron chi connectivity index (χ2n) is 4.69. The maximum atomic E-state index is 12.4. The molecule has 0 aliphatic rings. The van der Waals surface area contributed by atoms with Crippen molar-refractivity contribution in [3.8, 4) is 0 Å². The number of hydrogen-bond acceptors (Lipinski definition) is 1. The highest BCUT2D eigenvalue weighted by molar-refractivity contribution is 6.35. The van der Waals surface area contributed by atoms with Gasteiger partial charge in [0.15, 0.2) is 0 Å². The summed E-state index contributed by atoms with van der Waals surface area (Å²) < 4.78 is 0. The van der Waals surface area contributed by atoms with E-state index in [9.17, 15) is 4.79 Å².